The van der Waals surface area contributed by atoms with Gasteiger partial charge in [0.1, 0.15) is 5.57 Å². The van der Waals surface area contributed by atoms with Gasteiger partial charge in [0.05, 0.1) is 25.4 Å². The van der Waals surface area contributed by atoms with E-state index in [0.717, 1.165) is 20.7 Å². The van der Waals surface area contributed by atoms with Gasteiger partial charge in [0.15, 0.2) is 0 Å². The zero-order chi connectivity index (χ0) is 22.7. The van der Waals surface area contributed by atoms with Gasteiger partial charge >= 0.3 is 6.03 Å². The standard InChI is InChI=1S/C25H21N3O4/c1-3-13-26-17-18(20-11-7-8-12-22(20)26)16-21-23(29)27(14-15-32-2)25(31)28(24(21)30)19-9-5-4-6-10-19/h1,4-12,16-17H,13-15H2,2H3/b21-16-. The van der Waals surface area contributed by atoms with E-state index in [1.54, 1.807) is 36.5 Å². The Kier molecular flexibility index (Phi) is 5.88. The summed E-state index contributed by atoms with van der Waals surface area (Å²) in [7, 11) is 1.48. The predicted molar refractivity (Wildman–Crippen MR) is 122 cm³/mol. The second-order valence-electron chi connectivity index (χ2n) is 7.20. The van der Waals surface area contributed by atoms with E-state index in [1.807, 2.05) is 28.8 Å². The highest BCUT2D eigenvalue weighted by atomic mass is 16.5. The average Bonchev–Trinajstić information content (AvgIpc) is 3.15. The van der Waals surface area contributed by atoms with Gasteiger partial charge in [0.2, 0.25) is 0 Å². The molecule has 0 unspecified atom stereocenters. The van der Waals surface area contributed by atoms with Crippen molar-refractivity contribution in [2.45, 2.75) is 6.54 Å². The van der Waals surface area contributed by atoms with Crippen molar-refractivity contribution >= 4 is 40.5 Å². The van der Waals surface area contributed by atoms with Gasteiger partial charge in [-0.3, -0.25) is 14.5 Å². The summed E-state index contributed by atoms with van der Waals surface area (Å²) < 4.78 is 6.94. The normalized spacial score (nSPS) is 15.6. The summed E-state index contributed by atoms with van der Waals surface area (Å²) in [6.45, 7) is 0.532. The molecule has 160 valence electrons. The van der Waals surface area contributed by atoms with E-state index in [0.29, 0.717) is 17.8 Å². The molecule has 1 saturated heterocycles. The number of barbiturate groups is 1. The number of ether oxygens (including phenoxy) is 1. The summed E-state index contributed by atoms with van der Waals surface area (Å²) in [4.78, 5) is 41.7. The van der Waals surface area contributed by atoms with Crippen LogP contribution in [0, 0.1) is 12.3 Å². The summed E-state index contributed by atoms with van der Waals surface area (Å²) in [5.41, 5.74) is 1.84. The maximum Gasteiger partial charge on any atom is 0.338 e. The molecule has 3 aromatic rings. The molecule has 1 aliphatic rings. The zero-order valence-corrected chi connectivity index (χ0v) is 17.5. The lowest BCUT2D eigenvalue weighted by Gasteiger charge is -2.33. The molecular weight excluding hydrogens is 406 g/mol. The number of hydrogen-bond donors (Lipinski definition) is 0. The molecular formula is C25H21N3O4. The Morgan fingerprint density at radius 1 is 1.00 bits per heavy atom. The van der Waals surface area contributed by atoms with Gasteiger partial charge in [0, 0.05) is 29.8 Å². The minimum Gasteiger partial charge on any atom is -0.383 e. The molecule has 7 heteroatoms. The fourth-order valence-corrected chi connectivity index (χ4v) is 3.73. The van der Waals surface area contributed by atoms with Crippen LogP contribution in [0.15, 0.2) is 66.4 Å². The molecule has 0 bridgehead atoms. The highest BCUT2D eigenvalue weighted by Gasteiger charge is 2.42. The molecule has 0 radical (unpaired) electrons. The van der Waals surface area contributed by atoms with Crippen LogP contribution in [0.3, 0.4) is 0 Å². The monoisotopic (exact) mass is 427 g/mol. The third-order valence-electron chi connectivity index (χ3n) is 5.25. The number of urea groups is 1. The molecule has 0 atom stereocenters. The first-order chi connectivity index (χ1) is 15.6. The number of benzene rings is 2. The number of carbonyl (C=O) groups is 3. The third-order valence-corrected chi connectivity index (χ3v) is 5.25. The molecule has 4 amide bonds. The van der Waals surface area contributed by atoms with Gasteiger partial charge in [-0.15, -0.1) is 6.42 Å². The molecule has 4 rings (SSSR count). The number of anilines is 1. The second kappa shape index (κ2) is 8.92. The Balaban J connectivity index is 1.85. The lowest BCUT2D eigenvalue weighted by molar-refractivity contribution is -0.129. The quantitative estimate of drug-likeness (QED) is 0.344. The number of methoxy groups -OCH3 is 1. The summed E-state index contributed by atoms with van der Waals surface area (Å²) in [5, 5.41) is 0.849. The molecule has 7 nitrogen and oxygen atoms in total. The minimum absolute atomic E-state index is 0.0287. The Bertz CT molecular complexity index is 1270. The van der Waals surface area contributed by atoms with E-state index in [-0.39, 0.29) is 18.7 Å². The molecule has 0 N–H and O–H groups in total. The van der Waals surface area contributed by atoms with Crippen LogP contribution in [0.1, 0.15) is 5.56 Å². The first-order valence-electron chi connectivity index (χ1n) is 10.0. The number of amides is 4. The Morgan fingerprint density at radius 2 is 1.72 bits per heavy atom. The maximum atomic E-state index is 13.4. The van der Waals surface area contributed by atoms with E-state index in [9.17, 15) is 14.4 Å². The van der Waals surface area contributed by atoms with E-state index >= 15 is 0 Å². The van der Waals surface area contributed by atoms with E-state index in [2.05, 4.69) is 5.92 Å². The van der Waals surface area contributed by atoms with E-state index in [1.165, 1.54) is 13.2 Å². The fourth-order valence-electron chi connectivity index (χ4n) is 3.73. The SMILES string of the molecule is C#CCn1cc(/C=C2/C(=O)N(CCOC)C(=O)N(c3ccccc3)C2=O)c2ccccc21. The van der Waals surface area contributed by atoms with Crippen LogP contribution in [-0.4, -0.2) is 47.6 Å². The van der Waals surface area contributed by atoms with Crippen LogP contribution in [-0.2, 0) is 20.9 Å². The molecule has 2 aromatic carbocycles. The number of hydrogen-bond acceptors (Lipinski definition) is 4. The lowest BCUT2D eigenvalue weighted by Crippen LogP contribution is -2.57. The van der Waals surface area contributed by atoms with Crippen LogP contribution in [0.2, 0.25) is 0 Å². The fraction of sp³-hybridized carbons (Fsp3) is 0.160. The van der Waals surface area contributed by atoms with Crippen molar-refractivity contribution < 1.29 is 19.1 Å². The van der Waals surface area contributed by atoms with Crippen LogP contribution >= 0.6 is 0 Å². The highest BCUT2D eigenvalue weighted by molar-refractivity contribution is 6.39. The molecule has 32 heavy (non-hydrogen) atoms. The molecule has 2 heterocycles. The number of fused-ring (bicyclic) bond motifs is 1. The number of carbonyl (C=O) groups excluding carboxylic acids is 3. The van der Waals surface area contributed by atoms with Crippen molar-refractivity contribution in [2.75, 3.05) is 25.2 Å². The minimum atomic E-state index is -0.699. The first-order valence-corrected chi connectivity index (χ1v) is 10.0. The summed E-state index contributed by atoms with van der Waals surface area (Å²) >= 11 is 0. The zero-order valence-electron chi connectivity index (χ0n) is 17.5. The van der Waals surface area contributed by atoms with Crippen molar-refractivity contribution in [1.29, 1.82) is 0 Å². The van der Waals surface area contributed by atoms with Crippen LogP contribution in [0.25, 0.3) is 17.0 Å². The van der Waals surface area contributed by atoms with Gasteiger partial charge in [-0.05, 0) is 24.3 Å². The largest absolute Gasteiger partial charge is 0.383 e. The van der Waals surface area contributed by atoms with Crippen LogP contribution in [0.5, 0.6) is 0 Å². The van der Waals surface area contributed by atoms with Crippen molar-refractivity contribution in [2.24, 2.45) is 0 Å². The average molecular weight is 427 g/mol. The van der Waals surface area contributed by atoms with Crippen molar-refractivity contribution in [3.63, 3.8) is 0 Å². The van der Waals surface area contributed by atoms with Gasteiger partial charge in [-0.2, -0.15) is 0 Å². The number of nitrogens with zero attached hydrogens (tertiary/aromatic N) is 3. The lowest BCUT2D eigenvalue weighted by atomic mass is 10.0. The predicted octanol–water partition coefficient (Wildman–Crippen LogP) is 3.30. The first kappa shape index (κ1) is 21.1. The summed E-state index contributed by atoms with van der Waals surface area (Å²) in [6.07, 6.45) is 8.83. The van der Waals surface area contributed by atoms with Crippen molar-refractivity contribution in [1.82, 2.24) is 9.47 Å². The Hall–Kier alpha value is -4.15. The van der Waals surface area contributed by atoms with E-state index < -0.39 is 17.8 Å². The molecule has 0 saturated carbocycles. The van der Waals surface area contributed by atoms with Crippen molar-refractivity contribution in [3.05, 3.63) is 71.9 Å². The number of para-hydroxylation sites is 2. The van der Waals surface area contributed by atoms with Gasteiger partial charge in [-0.1, -0.05) is 42.3 Å². The molecule has 0 spiro atoms. The topological polar surface area (TPSA) is 71.8 Å². The summed E-state index contributed by atoms with van der Waals surface area (Å²) in [6, 6.07) is 15.4. The summed E-state index contributed by atoms with van der Waals surface area (Å²) in [5.74, 6) is 1.28. The highest BCUT2D eigenvalue weighted by Crippen LogP contribution is 2.28. The van der Waals surface area contributed by atoms with Gasteiger partial charge in [-0.25, -0.2) is 9.69 Å². The van der Waals surface area contributed by atoms with Gasteiger partial charge in [0.25, 0.3) is 11.8 Å². The van der Waals surface area contributed by atoms with Crippen LogP contribution in [0.4, 0.5) is 10.5 Å². The molecule has 1 aliphatic heterocycles. The second-order valence-corrected chi connectivity index (χ2v) is 7.20. The Morgan fingerprint density at radius 3 is 2.44 bits per heavy atom. The number of rotatable bonds is 6. The maximum absolute atomic E-state index is 13.4. The number of aromatic nitrogens is 1. The molecule has 1 aromatic heterocycles. The molecule has 1 fully saturated rings. The third kappa shape index (κ3) is 3.68. The smallest absolute Gasteiger partial charge is 0.338 e. The Labute approximate surface area is 185 Å². The molecule has 0 aliphatic carbocycles. The van der Waals surface area contributed by atoms with Crippen molar-refractivity contribution in [3.8, 4) is 12.3 Å². The van der Waals surface area contributed by atoms with Crippen LogP contribution < -0.4 is 4.90 Å². The number of terminal acetylenes is 1. The number of imide groups is 2. The van der Waals surface area contributed by atoms with Gasteiger partial charge < -0.3 is 9.30 Å². The van der Waals surface area contributed by atoms with E-state index in [4.69, 9.17) is 11.2 Å².